The minimum absolute atomic E-state index is 0.166. The number of hydrogen-bond acceptors (Lipinski definition) is 5. The number of carbonyl (C=O) groups is 3. The van der Waals surface area contributed by atoms with Gasteiger partial charge in [-0.2, -0.15) is 0 Å². The molecule has 0 bridgehead atoms. The minimum atomic E-state index is -0.922. The first-order valence-corrected chi connectivity index (χ1v) is 9.75. The molecule has 0 radical (unpaired) electrons. The zero-order valence-corrected chi connectivity index (χ0v) is 16.6. The van der Waals surface area contributed by atoms with Crippen LogP contribution in [0.15, 0.2) is 23.1 Å². The molecule has 9 heteroatoms. The maximum Gasteiger partial charge on any atom is 0.265 e. The summed E-state index contributed by atoms with van der Waals surface area (Å²) in [5, 5.41) is 3.17. The summed E-state index contributed by atoms with van der Waals surface area (Å²) >= 11 is 0. The average molecular weight is 399 g/mol. The zero-order chi connectivity index (χ0) is 21.1. The number of rotatable bonds is 8. The minimum Gasteiger partial charge on any atom is -0.365 e. The van der Waals surface area contributed by atoms with Crippen molar-refractivity contribution in [3.05, 3.63) is 39.8 Å². The smallest absolute Gasteiger partial charge is 0.265 e. The molecule has 1 fully saturated rings. The van der Waals surface area contributed by atoms with Gasteiger partial charge in [0.1, 0.15) is 17.8 Å². The number of amides is 3. The summed E-state index contributed by atoms with van der Waals surface area (Å²) in [6.07, 6.45) is 3.60. The molecule has 0 aromatic carbocycles. The van der Waals surface area contributed by atoms with E-state index in [0.717, 1.165) is 17.4 Å². The fraction of sp³-hybridized carbons (Fsp3) is 0.450. The van der Waals surface area contributed by atoms with Gasteiger partial charge in [0.15, 0.2) is 0 Å². The monoisotopic (exact) mass is 399 g/mol. The Kier molecular flexibility index (Phi) is 5.95. The second-order valence-electron chi connectivity index (χ2n) is 7.13. The standard InChI is InChI=1S/C20H25N5O4/c1-3-24(4-2)16(26)11-25-18-14(9-15(17(21)27)20(25)29)13(7-8-22-18)19(28)23-10-12-5-6-12/h7-9,12H,3-6,10-11H2,1-2H3,(H2,21,27)(H,23,28). The lowest BCUT2D eigenvalue weighted by atomic mass is 10.1. The first-order chi connectivity index (χ1) is 13.9. The van der Waals surface area contributed by atoms with Crippen molar-refractivity contribution in [2.75, 3.05) is 19.6 Å². The van der Waals surface area contributed by atoms with Crippen LogP contribution in [-0.4, -0.2) is 51.8 Å². The van der Waals surface area contributed by atoms with Crippen molar-refractivity contribution in [2.45, 2.75) is 33.2 Å². The van der Waals surface area contributed by atoms with E-state index in [4.69, 9.17) is 5.73 Å². The quantitative estimate of drug-likeness (QED) is 0.668. The Morgan fingerprint density at radius 1 is 1.24 bits per heavy atom. The van der Waals surface area contributed by atoms with Crippen molar-refractivity contribution in [2.24, 2.45) is 11.7 Å². The van der Waals surface area contributed by atoms with Gasteiger partial charge in [0.05, 0.1) is 5.56 Å². The van der Waals surface area contributed by atoms with Gasteiger partial charge in [0.2, 0.25) is 5.91 Å². The molecule has 2 heterocycles. The second kappa shape index (κ2) is 8.42. The van der Waals surface area contributed by atoms with E-state index in [9.17, 15) is 19.2 Å². The maximum absolute atomic E-state index is 12.8. The molecule has 0 aliphatic heterocycles. The molecule has 2 aromatic heterocycles. The van der Waals surface area contributed by atoms with Gasteiger partial charge in [-0.1, -0.05) is 0 Å². The largest absolute Gasteiger partial charge is 0.365 e. The summed E-state index contributed by atoms with van der Waals surface area (Å²) in [5.74, 6) is -1.03. The molecule has 3 rings (SSSR count). The lowest BCUT2D eigenvalue weighted by molar-refractivity contribution is -0.131. The maximum atomic E-state index is 12.8. The van der Waals surface area contributed by atoms with Crippen LogP contribution in [0.2, 0.25) is 0 Å². The highest BCUT2D eigenvalue weighted by molar-refractivity contribution is 6.07. The normalized spacial score (nSPS) is 13.3. The van der Waals surface area contributed by atoms with E-state index in [1.807, 2.05) is 13.8 Å². The van der Waals surface area contributed by atoms with Gasteiger partial charge in [-0.05, 0) is 44.7 Å². The van der Waals surface area contributed by atoms with Gasteiger partial charge in [0.25, 0.3) is 17.4 Å². The molecule has 29 heavy (non-hydrogen) atoms. The number of nitrogens with zero attached hydrogens (tertiary/aromatic N) is 3. The molecule has 3 amide bonds. The molecule has 9 nitrogen and oxygen atoms in total. The third-order valence-corrected chi connectivity index (χ3v) is 5.16. The van der Waals surface area contributed by atoms with Crippen molar-refractivity contribution in [3.63, 3.8) is 0 Å². The van der Waals surface area contributed by atoms with Gasteiger partial charge in [-0.25, -0.2) is 4.98 Å². The Labute approximate surface area is 167 Å². The summed E-state index contributed by atoms with van der Waals surface area (Å²) in [5.41, 5.74) is 4.84. The van der Waals surface area contributed by atoms with Crippen LogP contribution in [0.25, 0.3) is 11.0 Å². The molecule has 0 spiro atoms. The van der Waals surface area contributed by atoms with Crippen LogP contribution in [0.3, 0.4) is 0 Å². The van der Waals surface area contributed by atoms with Crippen LogP contribution in [0.5, 0.6) is 0 Å². The SMILES string of the molecule is CCN(CC)C(=O)Cn1c(=O)c(C(N)=O)cc2c(C(=O)NCC3CC3)ccnc21. The Bertz CT molecular complexity index is 1020. The van der Waals surface area contributed by atoms with Crippen molar-refractivity contribution in [1.29, 1.82) is 0 Å². The van der Waals surface area contributed by atoms with Crippen molar-refractivity contribution in [3.8, 4) is 0 Å². The van der Waals surface area contributed by atoms with Crippen LogP contribution in [-0.2, 0) is 11.3 Å². The number of likely N-dealkylation sites (N-methyl/N-ethyl adjacent to an activating group) is 1. The van der Waals surface area contributed by atoms with E-state index in [0.29, 0.717) is 30.9 Å². The first kappa shape index (κ1) is 20.5. The predicted molar refractivity (Wildman–Crippen MR) is 108 cm³/mol. The number of carbonyl (C=O) groups excluding carboxylic acids is 3. The van der Waals surface area contributed by atoms with Crippen LogP contribution < -0.4 is 16.6 Å². The number of aromatic nitrogens is 2. The number of fused-ring (bicyclic) bond motifs is 1. The zero-order valence-electron chi connectivity index (χ0n) is 16.6. The molecule has 1 aliphatic carbocycles. The number of primary amides is 1. The average Bonchev–Trinajstić information content (AvgIpc) is 3.52. The van der Waals surface area contributed by atoms with Crippen LogP contribution in [0.4, 0.5) is 0 Å². The van der Waals surface area contributed by atoms with Crippen molar-refractivity contribution in [1.82, 2.24) is 19.8 Å². The molecule has 0 atom stereocenters. The summed E-state index contributed by atoms with van der Waals surface area (Å²) in [4.78, 5) is 55.7. The van der Waals surface area contributed by atoms with E-state index in [2.05, 4.69) is 10.3 Å². The lowest BCUT2D eigenvalue weighted by Gasteiger charge is -2.20. The molecule has 154 valence electrons. The summed E-state index contributed by atoms with van der Waals surface area (Å²) in [7, 11) is 0. The highest BCUT2D eigenvalue weighted by atomic mass is 16.2. The molecule has 1 saturated carbocycles. The van der Waals surface area contributed by atoms with E-state index < -0.39 is 11.5 Å². The first-order valence-electron chi connectivity index (χ1n) is 9.75. The predicted octanol–water partition coefficient (Wildman–Crippen LogP) is 0.504. The number of nitrogens with two attached hydrogens (primary N) is 1. The van der Waals surface area contributed by atoms with Crippen LogP contribution >= 0.6 is 0 Å². The van der Waals surface area contributed by atoms with Gasteiger partial charge < -0.3 is 16.0 Å². The van der Waals surface area contributed by atoms with Gasteiger partial charge >= 0.3 is 0 Å². The molecular weight excluding hydrogens is 374 g/mol. The van der Waals surface area contributed by atoms with Crippen LogP contribution in [0, 0.1) is 5.92 Å². The topological polar surface area (TPSA) is 127 Å². The second-order valence-corrected chi connectivity index (χ2v) is 7.13. The van der Waals surface area contributed by atoms with Crippen LogP contribution in [0.1, 0.15) is 47.4 Å². The Morgan fingerprint density at radius 2 is 1.93 bits per heavy atom. The summed E-state index contributed by atoms with van der Waals surface area (Å²) in [6, 6.07) is 2.81. The summed E-state index contributed by atoms with van der Waals surface area (Å²) in [6.45, 7) is 4.93. The highest BCUT2D eigenvalue weighted by Gasteiger charge is 2.24. The highest BCUT2D eigenvalue weighted by Crippen LogP contribution is 2.27. The van der Waals surface area contributed by atoms with E-state index in [1.54, 1.807) is 4.90 Å². The van der Waals surface area contributed by atoms with Gasteiger partial charge in [-0.3, -0.25) is 23.7 Å². The number of pyridine rings is 2. The fourth-order valence-corrected chi connectivity index (χ4v) is 3.25. The molecular formula is C20H25N5O4. The molecule has 0 unspecified atom stereocenters. The molecule has 1 aliphatic rings. The Balaban J connectivity index is 2.11. The number of hydrogen-bond donors (Lipinski definition) is 2. The fourth-order valence-electron chi connectivity index (χ4n) is 3.25. The van der Waals surface area contributed by atoms with E-state index in [1.165, 1.54) is 18.3 Å². The molecule has 2 aromatic rings. The summed E-state index contributed by atoms with van der Waals surface area (Å²) < 4.78 is 1.12. The van der Waals surface area contributed by atoms with Crippen molar-refractivity contribution >= 4 is 28.8 Å². The lowest BCUT2D eigenvalue weighted by Crippen LogP contribution is -2.38. The Hall–Kier alpha value is -3.23. The van der Waals surface area contributed by atoms with Crippen molar-refractivity contribution < 1.29 is 14.4 Å². The van der Waals surface area contributed by atoms with Gasteiger partial charge in [-0.15, -0.1) is 0 Å². The Morgan fingerprint density at radius 3 is 2.52 bits per heavy atom. The van der Waals surface area contributed by atoms with Gasteiger partial charge in [0, 0.05) is 31.2 Å². The van der Waals surface area contributed by atoms with E-state index in [-0.39, 0.29) is 35.1 Å². The third-order valence-electron chi connectivity index (χ3n) is 5.16. The molecule has 0 saturated heterocycles. The molecule has 3 N–H and O–H groups in total. The van der Waals surface area contributed by atoms with E-state index >= 15 is 0 Å². The number of nitrogens with one attached hydrogen (secondary N) is 1. The third kappa shape index (κ3) is 4.28.